The molecule has 2 aromatic rings. The summed E-state index contributed by atoms with van der Waals surface area (Å²) in [7, 11) is 0. The summed E-state index contributed by atoms with van der Waals surface area (Å²) in [6.45, 7) is 2.07. The van der Waals surface area contributed by atoms with Crippen LogP contribution >= 0.6 is 50.4 Å². The molecule has 1 N–H and O–H groups in total. The number of thioether (sulfide) groups is 1. The Morgan fingerprint density at radius 1 is 1.33 bits per heavy atom. The van der Waals surface area contributed by atoms with Crippen molar-refractivity contribution in [1.29, 1.82) is 0 Å². The van der Waals surface area contributed by atoms with E-state index in [1.54, 1.807) is 22.7 Å². The zero-order chi connectivity index (χ0) is 12.7. The molecule has 0 saturated heterocycles. The van der Waals surface area contributed by atoms with Gasteiger partial charge in [0.25, 0.3) is 0 Å². The standard InChI is InChI=1S/C13H13BrOS3/c1-7-4-9(14)13(17-7)12(15)11-5-8-6-16-3-2-10(8)18-11/h4-5,12,15H,2-3,6H2,1H3. The second-order valence-corrected chi connectivity index (χ2v) is 8.79. The van der Waals surface area contributed by atoms with E-state index in [1.807, 2.05) is 11.8 Å². The maximum absolute atomic E-state index is 10.5. The summed E-state index contributed by atoms with van der Waals surface area (Å²) in [5, 5.41) is 10.5. The third kappa shape index (κ3) is 2.43. The van der Waals surface area contributed by atoms with Gasteiger partial charge in [0, 0.05) is 24.9 Å². The minimum atomic E-state index is -0.473. The summed E-state index contributed by atoms with van der Waals surface area (Å²) in [5.74, 6) is 2.31. The smallest absolute Gasteiger partial charge is 0.123 e. The van der Waals surface area contributed by atoms with Crippen molar-refractivity contribution in [3.63, 3.8) is 0 Å². The second-order valence-electron chi connectivity index (χ2n) is 4.37. The molecule has 1 aliphatic heterocycles. The molecule has 0 fully saturated rings. The Bertz CT molecular complexity index is 549. The van der Waals surface area contributed by atoms with E-state index in [0.717, 1.165) is 26.4 Å². The topological polar surface area (TPSA) is 20.2 Å². The molecule has 0 bridgehead atoms. The first-order valence-electron chi connectivity index (χ1n) is 5.78. The third-order valence-electron chi connectivity index (χ3n) is 3.00. The highest BCUT2D eigenvalue weighted by atomic mass is 79.9. The summed E-state index contributed by atoms with van der Waals surface area (Å²) >= 11 is 8.97. The number of aliphatic hydroxyl groups is 1. The van der Waals surface area contributed by atoms with Gasteiger partial charge in [-0.05, 0) is 52.7 Å². The van der Waals surface area contributed by atoms with Crippen LogP contribution in [0.15, 0.2) is 16.6 Å². The Labute approximate surface area is 127 Å². The van der Waals surface area contributed by atoms with E-state index >= 15 is 0 Å². The van der Waals surface area contributed by atoms with Gasteiger partial charge in [-0.3, -0.25) is 0 Å². The van der Waals surface area contributed by atoms with Crippen LogP contribution in [0, 0.1) is 6.92 Å². The minimum absolute atomic E-state index is 0.473. The average molecular weight is 361 g/mol. The van der Waals surface area contributed by atoms with Crippen LogP contribution in [-0.2, 0) is 12.2 Å². The molecule has 0 saturated carbocycles. The van der Waals surface area contributed by atoms with Crippen LogP contribution in [0.5, 0.6) is 0 Å². The van der Waals surface area contributed by atoms with Gasteiger partial charge < -0.3 is 5.11 Å². The Morgan fingerprint density at radius 2 is 2.17 bits per heavy atom. The van der Waals surface area contributed by atoms with Gasteiger partial charge in [-0.1, -0.05) is 0 Å². The predicted octanol–water partition coefficient (Wildman–Crippen LogP) is 4.75. The maximum atomic E-state index is 10.5. The first-order chi connectivity index (χ1) is 8.65. The molecule has 5 heteroatoms. The lowest BCUT2D eigenvalue weighted by molar-refractivity contribution is 0.227. The molecule has 1 aliphatic rings. The van der Waals surface area contributed by atoms with Crippen molar-refractivity contribution < 1.29 is 5.11 Å². The van der Waals surface area contributed by atoms with Gasteiger partial charge >= 0.3 is 0 Å². The zero-order valence-electron chi connectivity index (χ0n) is 9.90. The first kappa shape index (κ1) is 13.2. The number of aryl methyl sites for hydroxylation is 2. The van der Waals surface area contributed by atoms with Crippen molar-refractivity contribution in [1.82, 2.24) is 0 Å². The molecule has 2 aromatic heterocycles. The molecule has 1 atom stereocenters. The fraction of sp³-hybridized carbons (Fsp3) is 0.385. The van der Waals surface area contributed by atoms with Crippen LogP contribution in [0.3, 0.4) is 0 Å². The average Bonchev–Trinajstić information content (AvgIpc) is 2.91. The Morgan fingerprint density at radius 3 is 2.83 bits per heavy atom. The molecule has 0 amide bonds. The fourth-order valence-electron chi connectivity index (χ4n) is 2.12. The number of aliphatic hydroxyl groups excluding tert-OH is 1. The molecule has 0 aromatic carbocycles. The largest absolute Gasteiger partial charge is 0.382 e. The van der Waals surface area contributed by atoms with Crippen LogP contribution in [-0.4, -0.2) is 10.9 Å². The monoisotopic (exact) mass is 360 g/mol. The Kier molecular flexibility index (Phi) is 3.87. The second kappa shape index (κ2) is 5.29. The van der Waals surface area contributed by atoms with Crippen LogP contribution in [0.25, 0.3) is 0 Å². The lowest BCUT2D eigenvalue weighted by atomic mass is 10.2. The van der Waals surface area contributed by atoms with E-state index in [4.69, 9.17) is 0 Å². The highest BCUT2D eigenvalue weighted by Crippen LogP contribution is 2.40. The van der Waals surface area contributed by atoms with Gasteiger partial charge in [0.15, 0.2) is 0 Å². The molecular weight excluding hydrogens is 348 g/mol. The first-order valence-corrected chi connectivity index (χ1v) is 9.36. The van der Waals surface area contributed by atoms with E-state index in [1.165, 1.54) is 21.1 Å². The summed E-state index contributed by atoms with van der Waals surface area (Å²) in [5.41, 5.74) is 1.43. The predicted molar refractivity (Wildman–Crippen MR) is 85.0 cm³/mol. The number of fused-ring (bicyclic) bond motifs is 1. The molecule has 96 valence electrons. The molecular formula is C13H13BrOS3. The number of hydrogen-bond donors (Lipinski definition) is 1. The van der Waals surface area contributed by atoms with Crippen LogP contribution < -0.4 is 0 Å². The molecule has 18 heavy (non-hydrogen) atoms. The maximum Gasteiger partial charge on any atom is 0.123 e. The molecule has 1 nitrogen and oxygen atoms in total. The van der Waals surface area contributed by atoms with Gasteiger partial charge in [-0.15, -0.1) is 22.7 Å². The van der Waals surface area contributed by atoms with Gasteiger partial charge in [0.05, 0.1) is 4.88 Å². The third-order valence-corrected chi connectivity index (χ3v) is 7.32. The van der Waals surface area contributed by atoms with Crippen molar-refractivity contribution in [2.24, 2.45) is 0 Å². The van der Waals surface area contributed by atoms with Gasteiger partial charge in [0.2, 0.25) is 0 Å². The molecule has 0 aliphatic carbocycles. The van der Waals surface area contributed by atoms with Gasteiger partial charge in [0.1, 0.15) is 6.10 Å². The number of rotatable bonds is 2. The summed E-state index contributed by atoms with van der Waals surface area (Å²) in [4.78, 5) is 4.81. The summed E-state index contributed by atoms with van der Waals surface area (Å²) < 4.78 is 1.03. The number of thiophene rings is 2. The van der Waals surface area contributed by atoms with Crippen LogP contribution in [0.4, 0.5) is 0 Å². The van der Waals surface area contributed by atoms with E-state index in [0.29, 0.717) is 0 Å². The van der Waals surface area contributed by atoms with Crippen molar-refractivity contribution in [2.75, 3.05) is 5.75 Å². The SMILES string of the molecule is Cc1cc(Br)c(C(O)c2cc3c(s2)CCSC3)s1. The summed E-state index contributed by atoms with van der Waals surface area (Å²) in [6, 6.07) is 4.27. The number of hydrogen-bond acceptors (Lipinski definition) is 4. The minimum Gasteiger partial charge on any atom is -0.382 e. The van der Waals surface area contributed by atoms with Crippen LogP contribution in [0.2, 0.25) is 0 Å². The Hall–Kier alpha value is 0.190. The lowest BCUT2D eigenvalue weighted by Gasteiger charge is -2.08. The highest BCUT2D eigenvalue weighted by molar-refractivity contribution is 9.10. The van der Waals surface area contributed by atoms with Crippen molar-refractivity contribution >= 4 is 50.4 Å². The van der Waals surface area contributed by atoms with Crippen molar-refractivity contribution in [2.45, 2.75) is 25.2 Å². The normalized spacial score (nSPS) is 16.6. The molecule has 1 unspecified atom stereocenters. The van der Waals surface area contributed by atoms with Gasteiger partial charge in [-0.2, -0.15) is 11.8 Å². The van der Waals surface area contributed by atoms with Gasteiger partial charge in [-0.25, -0.2) is 0 Å². The molecule has 3 heterocycles. The molecule has 3 rings (SSSR count). The molecule has 0 spiro atoms. The van der Waals surface area contributed by atoms with Crippen molar-refractivity contribution in [3.8, 4) is 0 Å². The molecule has 0 radical (unpaired) electrons. The quantitative estimate of drug-likeness (QED) is 0.833. The van der Waals surface area contributed by atoms with E-state index in [-0.39, 0.29) is 0 Å². The number of halogens is 1. The van der Waals surface area contributed by atoms with E-state index < -0.39 is 6.10 Å². The summed E-state index contributed by atoms with van der Waals surface area (Å²) in [6.07, 6.45) is 0.681. The van der Waals surface area contributed by atoms with Crippen molar-refractivity contribution in [3.05, 3.63) is 41.7 Å². The lowest BCUT2D eigenvalue weighted by Crippen LogP contribution is -1.96. The fourth-order valence-corrected chi connectivity index (χ4v) is 6.44. The van der Waals surface area contributed by atoms with E-state index in [2.05, 4.69) is 35.0 Å². The Balaban J connectivity index is 1.94. The van der Waals surface area contributed by atoms with Crippen LogP contribution in [0.1, 0.15) is 31.2 Å². The zero-order valence-corrected chi connectivity index (χ0v) is 13.9. The van der Waals surface area contributed by atoms with E-state index in [9.17, 15) is 5.11 Å². The highest BCUT2D eigenvalue weighted by Gasteiger charge is 2.21.